The third-order valence-corrected chi connectivity index (χ3v) is 3.07. The van der Waals surface area contributed by atoms with E-state index in [0.29, 0.717) is 0 Å². The lowest BCUT2D eigenvalue weighted by Crippen LogP contribution is -2.08. The zero-order chi connectivity index (χ0) is 15.8. The second kappa shape index (κ2) is 5.20. The molecule has 110 valence electrons. The van der Waals surface area contributed by atoms with Crippen LogP contribution in [0.4, 0.5) is 17.6 Å². The second-order valence-electron chi connectivity index (χ2n) is 4.50. The first-order valence-corrected chi connectivity index (χ1v) is 5.92. The number of halogens is 4. The highest BCUT2D eigenvalue weighted by molar-refractivity contribution is 5.89. The van der Waals surface area contributed by atoms with Gasteiger partial charge in [0.25, 0.3) is 0 Å². The van der Waals surface area contributed by atoms with E-state index in [2.05, 4.69) is 0 Å². The third kappa shape index (κ3) is 2.89. The van der Waals surface area contributed by atoms with Crippen LogP contribution in [-0.2, 0) is 6.18 Å². The Hall–Kier alpha value is -2.37. The number of carboxylic acid groups (broad SMARTS) is 1. The number of hydrogen-bond acceptors (Lipinski definition) is 1. The van der Waals surface area contributed by atoms with Crippen molar-refractivity contribution in [2.75, 3.05) is 0 Å². The van der Waals surface area contributed by atoms with Crippen molar-refractivity contribution in [3.8, 4) is 11.1 Å². The molecule has 0 atom stereocenters. The molecule has 0 spiro atoms. The van der Waals surface area contributed by atoms with Gasteiger partial charge in [0.15, 0.2) is 0 Å². The lowest BCUT2D eigenvalue weighted by Gasteiger charge is -2.15. The number of rotatable bonds is 2. The molecular formula is C15H10F4O2. The molecule has 0 amide bonds. The third-order valence-electron chi connectivity index (χ3n) is 3.07. The molecule has 0 aliphatic rings. The van der Waals surface area contributed by atoms with Crippen LogP contribution in [0.25, 0.3) is 11.1 Å². The van der Waals surface area contributed by atoms with Crippen LogP contribution in [0.2, 0.25) is 0 Å². The molecule has 0 aliphatic carbocycles. The Balaban J connectivity index is 2.69. The van der Waals surface area contributed by atoms with Gasteiger partial charge in [-0.25, -0.2) is 9.18 Å². The van der Waals surface area contributed by atoms with E-state index in [-0.39, 0.29) is 16.7 Å². The summed E-state index contributed by atoms with van der Waals surface area (Å²) in [4.78, 5) is 10.8. The van der Waals surface area contributed by atoms with E-state index in [4.69, 9.17) is 5.11 Å². The van der Waals surface area contributed by atoms with Gasteiger partial charge in [0.1, 0.15) is 5.82 Å². The normalized spacial score (nSPS) is 11.5. The summed E-state index contributed by atoms with van der Waals surface area (Å²) < 4.78 is 52.7. The molecule has 0 saturated heterocycles. The van der Waals surface area contributed by atoms with Crippen molar-refractivity contribution in [3.63, 3.8) is 0 Å². The fraction of sp³-hybridized carbons (Fsp3) is 0.133. The lowest BCUT2D eigenvalue weighted by molar-refractivity contribution is -0.137. The van der Waals surface area contributed by atoms with Crippen LogP contribution in [0.5, 0.6) is 0 Å². The molecule has 0 unspecified atom stereocenters. The first-order valence-electron chi connectivity index (χ1n) is 5.92. The van der Waals surface area contributed by atoms with Gasteiger partial charge in [0.2, 0.25) is 0 Å². The quantitative estimate of drug-likeness (QED) is 0.828. The summed E-state index contributed by atoms with van der Waals surface area (Å²) in [5.41, 5.74) is -1.37. The number of alkyl halides is 3. The molecular weight excluding hydrogens is 288 g/mol. The van der Waals surface area contributed by atoms with Crippen molar-refractivity contribution in [1.82, 2.24) is 0 Å². The molecule has 0 bridgehead atoms. The van der Waals surface area contributed by atoms with Crippen LogP contribution >= 0.6 is 0 Å². The van der Waals surface area contributed by atoms with Gasteiger partial charge in [-0.2, -0.15) is 13.2 Å². The average molecular weight is 298 g/mol. The maximum Gasteiger partial charge on any atom is 0.417 e. The lowest BCUT2D eigenvalue weighted by atomic mass is 9.94. The molecule has 0 fully saturated rings. The SMILES string of the molecule is Cc1cc(C(=O)O)c(F)cc1-c1ccccc1C(F)(F)F. The molecule has 0 saturated carbocycles. The van der Waals surface area contributed by atoms with Gasteiger partial charge in [-0.3, -0.25) is 0 Å². The molecule has 0 aliphatic heterocycles. The Kier molecular flexibility index (Phi) is 3.72. The minimum absolute atomic E-state index is 0.0189. The van der Waals surface area contributed by atoms with E-state index in [1.807, 2.05) is 0 Å². The number of carbonyl (C=O) groups is 1. The highest BCUT2D eigenvalue weighted by Gasteiger charge is 2.33. The highest BCUT2D eigenvalue weighted by Crippen LogP contribution is 2.38. The van der Waals surface area contributed by atoms with Gasteiger partial charge in [0, 0.05) is 0 Å². The first-order chi connectivity index (χ1) is 9.71. The van der Waals surface area contributed by atoms with E-state index >= 15 is 0 Å². The molecule has 2 aromatic rings. The number of aromatic carboxylic acids is 1. The van der Waals surface area contributed by atoms with Gasteiger partial charge >= 0.3 is 12.1 Å². The predicted octanol–water partition coefficient (Wildman–Crippen LogP) is 4.52. The van der Waals surface area contributed by atoms with Crippen LogP contribution in [-0.4, -0.2) is 11.1 Å². The van der Waals surface area contributed by atoms with Crippen LogP contribution in [0.1, 0.15) is 21.5 Å². The summed E-state index contributed by atoms with van der Waals surface area (Å²) in [5.74, 6) is -2.54. The molecule has 21 heavy (non-hydrogen) atoms. The Morgan fingerprint density at radius 1 is 1.10 bits per heavy atom. The van der Waals surface area contributed by atoms with Gasteiger partial charge in [-0.1, -0.05) is 18.2 Å². The average Bonchev–Trinajstić information content (AvgIpc) is 2.39. The smallest absolute Gasteiger partial charge is 0.417 e. The van der Waals surface area contributed by atoms with E-state index < -0.39 is 29.1 Å². The molecule has 0 radical (unpaired) electrons. The van der Waals surface area contributed by atoms with E-state index in [1.165, 1.54) is 25.1 Å². The molecule has 6 heteroatoms. The molecule has 1 N–H and O–H groups in total. The Labute approximate surface area is 117 Å². The maximum absolute atomic E-state index is 13.7. The van der Waals surface area contributed by atoms with E-state index in [1.54, 1.807) is 0 Å². The van der Waals surface area contributed by atoms with Crippen LogP contribution < -0.4 is 0 Å². The molecule has 0 aromatic heterocycles. The first kappa shape index (κ1) is 15.0. The molecule has 0 heterocycles. The van der Waals surface area contributed by atoms with Crippen LogP contribution in [0, 0.1) is 12.7 Å². The second-order valence-corrected chi connectivity index (χ2v) is 4.50. The van der Waals surface area contributed by atoms with Crippen molar-refractivity contribution < 1.29 is 27.5 Å². The van der Waals surface area contributed by atoms with Crippen molar-refractivity contribution in [2.45, 2.75) is 13.1 Å². The number of carboxylic acids is 1. The van der Waals surface area contributed by atoms with Gasteiger partial charge < -0.3 is 5.11 Å². The van der Waals surface area contributed by atoms with Gasteiger partial charge in [0.05, 0.1) is 11.1 Å². The number of hydrogen-bond donors (Lipinski definition) is 1. The Morgan fingerprint density at radius 3 is 2.29 bits per heavy atom. The Morgan fingerprint density at radius 2 is 1.71 bits per heavy atom. The topological polar surface area (TPSA) is 37.3 Å². The molecule has 2 rings (SSSR count). The minimum atomic E-state index is -4.58. The fourth-order valence-corrected chi connectivity index (χ4v) is 2.10. The number of aryl methyl sites for hydroxylation is 1. The minimum Gasteiger partial charge on any atom is -0.478 e. The van der Waals surface area contributed by atoms with Crippen molar-refractivity contribution >= 4 is 5.97 Å². The summed E-state index contributed by atoms with van der Waals surface area (Å²) in [7, 11) is 0. The summed E-state index contributed by atoms with van der Waals surface area (Å²) in [6.07, 6.45) is -4.58. The van der Waals surface area contributed by atoms with Crippen LogP contribution in [0.3, 0.4) is 0 Å². The summed E-state index contributed by atoms with van der Waals surface area (Å²) in [5, 5.41) is 8.82. The van der Waals surface area contributed by atoms with E-state index in [0.717, 1.165) is 18.2 Å². The Bertz CT molecular complexity index is 705. The highest BCUT2D eigenvalue weighted by atomic mass is 19.4. The summed E-state index contributed by atoms with van der Waals surface area (Å²) in [6.45, 7) is 1.44. The van der Waals surface area contributed by atoms with Crippen molar-refractivity contribution in [2.24, 2.45) is 0 Å². The zero-order valence-electron chi connectivity index (χ0n) is 10.8. The fourth-order valence-electron chi connectivity index (χ4n) is 2.10. The van der Waals surface area contributed by atoms with Gasteiger partial charge in [-0.05, 0) is 41.8 Å². The monoisotopic (exact) mass is 298 g/mol. The zero-order valence-corrected chi connectivity index (χ0v) is 10.8. The summed E-state index contributed by atoms with van der Waals surface area (Å²) >= 11 is 0. The largest absolute Gasteiger partial charge is 0.478 e. The van der Waals surface area contributed by atoms with Crippen LogP contribution in [0.15, 0.2) is 36.4 Å². The molecule has 2 aromatic carbocycles. The molecule has 2 nitrogen and oxygen atoms in total. The van der Waals surface area contributed by atoms with Gasteiger partial charge in [-0.15, -0.1) is 0 Å². The number of benzene rings is 2. The summed E-state index contributed by atoms with van der Waals surface area (Å²) in [6, 6.07) is 6.63. The van der Waals surface area contributed by atoms with Crippen molar-refractivity contribution in [3.05, 3.63) is 58.9 Å². The van der Waals surface area contributed by atoms with E-state index in [9.17, 15) is 22.4 Å². The predicted molar refractivity (Wildman–Crippen MR) is 68.5 cm³/mol. The maximum atomic E-state index is 13.7. The van der Waals surface area contributed by atoms with Crippen molar-refractivity contribution in [1.29, 1.82) is 0 Å². The standard InChI is InChI=1S/C15H10F4O2/c1-8-6-11(14(20)21)13(16)7-10(8)9-4-2-3-5-12(9)15(17,18)19/h2-7H,1H3,(H,20,21).